The van der Waals surface area contributed by atoms with Crippen LogP contribution in [0, 0.1) is 6.92 Å². The van der Waals surface area contributed by atoms with Crippen molar-refractivity contribution in [2.75, 3.05) is 5.32 Å². The van der Waals surface area contributed by atoms with Crippen molar-refractivity contribution < 1.29 is 0 Å². The molecular weight excluding hydrogens is 262 g/mol. The van der Waals surface area contributed by atoms with Gasteiger partial charge < -0.3 is 5.32 Å². The Balaban J connectivity index is 1.86. The lowest BCUT2D eigenvalue weighted by Crippen LogP contribution is -1.90. The fourth-order valence-electron chi connectivity index (χ4n) is 1.89. The van der Waals surface area contributed by atoms with Crippen molar-refractivity contribution in [3.05, 3.63) is 66.4 Å². The van der Waals surface area contributed by atoms with Crippen molar-refractivity contribution in [3.63, 3.8) is 0 Å². The van der Waals surface area contributed by atoms with Crippen LogP contribution in [-0.4, -0.2) is 10.2 Å². The molecule has 0 atom stereocenters. The van der Waals surface area contributed by atoms with Crippen molar-refractivity contribution in [1.29, 1.82) is 0 Å². The van der Waals surface area contributed by atoms with Gasteiger partial charge in [-0.1, -0.05) is 36.4 Å². The van der Waals surface area contributed by atoms with E-state index in [0.29, 0.717) is 11.5 Å². The SMILES string of the molecule is Cc1[nH]nc(Nc2ccccc2)c1N=Nc1ccccc1. The van der Waals surface area contributed by atoms with Gasteiger partial charge in [0.05, 0.1) is 11.4 Å². The molecule has 5 heteroatoms. The third kappa shape index (κ3) is 3.14. The Morgan fingerprint density at radius 1 is 0.905 bits per heavy atom. The number of para-hydroxylation sites is 1. The summed E-state index contributed by atoms with van der Waals surface area (Å²) in [5, 5.41) is 18.9. The molecule has 104 valence electrons. The maximum absolute atomic E-state index is 4.30. The predicted octanol–water partition coefficient (Wildman–Crippen LogP) is 4.88. The third-order valence-electron chi connectivity index (χ3n) is 2.97. The Morgan fingerprint density at radius 3 is 2.29 bits per heavy atom. The number of azo groups is 1. The second kappa shape index (κ2) is 6.00. The van der Waals surface area contributed by atoms with E-state index in [1.54, 1.807) is 0 Å². The van der Waals surface area contributed by atoms with Crippen LogP contribution in [0.5, 0.6) is 0 Å². The fourth-order valence-corrected chi connectivity index (χ4v) is 1.89. The molecule has 0 saturated heterocycles. The number of aromatic nitrogens is 2. The average molecular weight is 277 g/mol. The molecule has 2 N–H and O–H groups in total. The van der Waals surface area contributed by atoms with Gasteiger partial charge in [0.1, 0.15) is 0 Å². The zero-order chi connectivity index (χ0) is 14.5. The average Bonchev–Trinajstić information content (AvgIpc) is 2.87. The van der Waals surface area contributed by atoms with Gasteiger partial charge in [0.2, 0.25) is 0 Å². The van der Waals surface area contributed by atoms with Crippen molar-refractivity contribution in [2.24, 2.45) is 10.2 Å². The molecule has 1 aromatic heterocycles. The minimum absolute atomic E-state index is 0.665. The first-order valence-electron chi connectivity index (χ1n) is 6.67. The number of rotatable bonds is 4. The quantitative estimate of drug-likeness (QED) is 0.667. The summed E-state index contributed by atoms with van der Waals surface area (Å²) in [6.45, 7) is 1.92. The second-order valence-corrected chi connectivity index (χ2v) is 4.57. The molecule has 0 unspecified atom stereocenters. The molecule has 0 amide bonds. The zero-order valence-electron chi connectivity index (χ0n) is 11.6. The topological polar surface area (TPSA) is 65.4 Å². The minimum Gasteiger partial charge on any atom is -0.337 e. The number of nitrogens with one attached hydrogen (secondary N) is 2. The molecule has 1 heterocycles. The van der Waals surface area contributed by atoms with E-state index in [9.17, 15) is 0 Å². The van der Waals surface area contributed by atoms with E-state index in [-0.39, 0.29) is 0 Å². The normalized spacial score (nSPS) is 10.9. The number of anilines is 2. The van der Waals surface area contributed by atoms with Gasteiger partial charge in [-0.3, -0.25) is 5.10 Å². The molecule has 21 heavy (non-hydrogen) atoms. The van der Waals surface area contributed by atoms with Crippen LogP contribution in [0.1, 0.15) is 5.69 Å². The van der Waals surface area contributed by atoms with Gasteiger partial charge in [0.25, 0.3) is 0 Å². The van der Waals surface area contributed by atoms with Crippen LogP contribution in [-0.2, 0) is 0 Å². The van der Waals surface area contributed by atoms with E-state index in [1.165, 1.54) is 0 Å². The van der Waals surface area contributed by atoms with Gasteiger partial charge in [-0.25, -0.2) is 0 Å². The van der Waals surface area contributed by atoms with Crippen molar-refractivity contribution in [1.82, 2.24) is 10.2 Å². The number of benzene rings is 2. The van der Waals surface area contributed by atoms with Crippen molar-refractivity contribution in [3.8, 4) is 0 Å². The lowest BCUT2D eigenvalue weighted by atomic mass is 10.3. The summed E-state index contributed by atoms with van der Waals surface area (Å²) in [5.41, 5.74) is 3.35. The summed E-state index contributed by atoms with van der Waals surface area (Å²) in [7, 11) is 0. The van der Waals surface area contributed by atoms with Crippen LogP contribution in [0.3, 0.4) is 0 Å². The lowest BCUT2D eigenvalue weighted by molar-refractivity contribution is 1.05. The standard InChI is InChI=1S/C16H15N5/c1-12-15(20-19-14-10-6-3-7-11-14)16(21-18-12)17-13-8-4-2-5-9-13/h2-11H,1H3,(H2,17,18,21). The van der Waals surface area contributed by atoms with E-state index < -0.39 is 0 Å². The second-order valence-electron chi connectivity index (χ2n) is 4.57. The van der Waals surface area contributed by atoms with Gasteiger partial charge >= 0.3 is 0 Å². The van der Waals surface area contributed by atoms with Crippen molar-refractivity contribution in [2.45, 2.75) is 6.92 Å². The smallest absolute Gasteiger partial charge is 0.180 e. The summed E-state index contributed by atoms with van der Waals surface area (Å²) >= 11 is 0. The Bertz CT molecular complexity index is 732. The number of H-pyrrole nitrogens is 1. The number of hydrogen-bond acceptors (Lipinski definition) is 4. The highest BCUT2D eigenvalue weighted by atomic mass is 15.2. The predicted molar refractivity (Wildman–Crippen MR) is 83.7 cm³/mol. The molecule has 0 radical (unpaired) electrons. The number of aromatic amines is 1. The molecule has 0 fully saturated rings. The van der Waals surface area contributed by atoms with E-state index in [1.807, 2.05) is 67.6 Å². The highest BCUT2D eigenvalue weighted by Crippen LogP contribution is 2.30. The maximum Gasteiger partial charge on any atom is 0.180 e. The van der Waals surface area contributed by atoms with Gasteiger partial charge in [-0.15, -0.1) is 5.11 Å². The van der Waals surface area contributed by atoms with Crippen LogP contribution < -0.4 is 5.32 Å². The molecule has 0 spiro atoms. The lowest BCUT2D eigenvalue weighted by Gasteiger charge is -2.02. The van der Waals surface area contributed by atoms with E-state index >= 15 is 0 Å². The third-order valence-corrected chi connectivity index (χ3v) is 2.97. The summed E-state index contributed by atoms with van der Waals surface area (Å²) < 4.78 is 0. The molecule has 0 aliphatic carbocycles. The van der Waals surface area contributed by atoms with Crippen LogP contribution >= 0.6 is 0 Å². The van der Waals surface area contributed by atoms with Gasteiger partial charge in [-0.2, -0.15) is 10.2 Å². The maximum atomic E-state index is 4.30. The molecule has 5 nitrogen and oxygen atoms in total. The number of aryl methyl sites for hydroxylation is 1. The molecule has 0 aliphatic heterocycles. The highest BCUT2D eigenvalue weighted by Gasteiger charge is 2.09. The molecule has 0 aliphatic rings. The van der Waals surface area contributed by atoms with Crippen molar-refractivity contribution >= 4 is 22.9 Å². The first-order valence-corrected chi connectivity index (χ1v) is 6.67. The summed E-state index contributed by atoms with van der Waals surface area (Å²) in [6, 6.07) is 19.5. The Morgan fingerprint density at radius 2 is 1.57 bits per heavy atom. The number of hydrogen-bond donors (Lipinski definition) is 2. The summed E-state index contributed by atoms with van der Waals surface area (Å²) in [4.78, 5) is 0. The first kappa shape index (κ1) is 13.1. The number of nitrogens with zero attached hydrogens (tertiary/aromatic N) is 3. The Kier molecular flexibility index (Phi) is 3.73. The molecule has 0 bridgehead atoms. The van der Waals surface area contributed by atoms with Crippen LogP contribution in [0.25, 0.3) is 0 Å². The fraction of sp³-hybridized carbons (Fsp3) is 0.0625. The van der Waals surface area contributed by atoms with E-state index in [2.05, 4.69) is 25.7 Å². The van der Waals surface area contributed by atoms with E-state index in [4.69, 9.17) is 0 Å². The van der Waals surface area contributed by atoms with Crippen LogP contribution in [0.15, 0.2) is 70.9 Å². The summed E-state index contributed by atoms with van der Waals surface area (Å²) in [6.07, 6.45) is 0. The highest BCUT2D eigenvalue weighted by molar-refractivity contribution is 5.69. The monoisotopic (exact) mass is 277 g/mol. The minimum atomic E-state index is 0.665. The largest absolute Gasteiger partial charge is 0.337 e. The van der Waals surface area contributed by atoms with Crippen LogP contribution in [0.4, 0.5) is 22.9 Å². The van der Waals surface area contributed by atoms with Gasteiger partial charge in [0, 0.05) is 5.69 Å². The summed E-state index contributed by atoms with van der Waals surface area (Å²) in [5.74, 6) is 0.665. The first-order chi connectivity index (χ1) is 10.3. The Labute approximate surface area is 122 Å². The Hall–Kier alpha value is -2.95. The zero-order valence-corrected chi connectivity index (χ0v) is 11.6. The molecule has 0 saturated carbocycles. The van der Waals surface area contributed by atoms with Crippen LogP contribution in [0.2, 0.25) is 0 Å². The molecule has 3 rings (SSSR count). The molecular formula is C16H15N5. The van der Waals surface area contributed by atoms with Gasteiger partial charge in [0.15, 0.2) is 11.5 Å². The molecule has 3 aromatic rings. The van der Waals surface area contributed by atoms with E-state index in [0.717, 1.165) is 17.1 Å². The molecule has 2 aromatic carbocycles. The van der Waals surface area contributed by atoms with Gasteiger partial charge in [-0.05, 0) is 31.2 Å².